The fourth-order valence-corrected chi connectivity index (χ4v) is 1.81. The fourth-order valence-electron chi connectivity index (χ4n) is 1.81. The van der Waals surface area contributed by atoms with Gasteiger partial charge in [0.25, 0.3) is 0 Å². The van der Waals surface area contributed by atoms with Crippen LogP contribution in [0.3, 0.4) is 0 Å². The van der Waals surface area contributed by atoms with E-state index in [0.29, 0.717) is 30.4 Å². The molecule has 0 fully saturated rings. The summed E-state index contributed by atoms with van der Waals surface area (Å²) >= 11 is 0. The summed E-state index contributed by atoms with van der Waals surface area (Å²) in [6.07, 6.45) is 2.14. The first-order valence-corrected chi connectivity index (χ1v) is 6.30. The van der Waals surface area contributed by atoms with E-state index in [1.807, 2.05) is 0 Å². The third-order valence-corrected chi connectivity index (χ3v) is 2.75. The lowest BCUT2D eigenvalue weighted by molar-refractivity contribution is -0.385. The fraction of sp³-hybridized carbons (Fsp3) is 0.455. The molecule has 0 amide bonds. The third kappa shape index (κ3) is 3.41. The first kappa shape index (κ1) is 14.6. The molecule has 0 aromatic carbocycles. The number of hydrogen-bond acceptors (Lipinski definition) is 8. The van der Waals surface area contributed by atoms with Gasteiger partial charge < -0.3 is 10.6 Å². The van der Waals surface area contributed by atoms with E-state index < -0.39 is 4.92 Å². The Morgan fingerprint density at radius 3 is 2.76 bits per heavy atom. The molecule has 10 heteroatoms. The van der Waals surface area contributed by atoms with Gasteiger partial charge in [-0.1, -0.05) is 0 Å². The van der Waals surface area contributed by atoms with Gasteiger partial charge in [0.1, 0.15) is 12.0 Å². The molecular formula is C11H16N8O2. The number of anilines is 2. The summed E-state index contributed by atoms with van der Waals surface area (Å²) in [6, 6.07) is 0. The van der Waals surface area contributed by atoms with Crippen LogP contribution in [0.15, 0.2) is 6.33 Å². The third-order valence-electron chi connectivity index (χ3n) is 2.75. The van der Waals surface area contributed by atoms with Crippen molar-refractivity contribution in [2.24, 2.45) is 7.05 Å². The van der Waals surface area contributed by atoms with Crippen molar-refractivity contribution in [3.63, 3.8) is 0 Å². The minimum Gasteiger partial charge on any atom is -0.364 e. The molecule has 112 valence electrons. The predicted molar refractivity (Wildman–Crippen MR) is 76.2 cm³/mol. The molecule has 0 saturated heterocycles. The first-order valence-electron chi connectivity index (χ1n) is 6.30. The van der Waals surface area contributed by atoms with E-state index in [-0.39, 0.29) is 11.5 Å². The average molecular weight is 292 g/mol. The van der Waals surface area contributed by atoms with Crippen LogP contribution in [0.2, 0.25) is 0 Å². The lowest BCUT2D eigenvalue weighted by Crippen LogP contribution is -2.12. The zero-order chi connectivity index (χ0) is 15.4. The molecular weight excluding hydrogens is 276 g/mol. The van der Waals surface area contributed by atoms with E-state index >= 15 is 0 Å². The molecule has 0 aliphatic rings. The molecule has 0 aliphatic carbocycles. The quantitative estimate of drug-likeness (QED) is 0.583. The van der Waals surface area contributed by atoms with E-state index in [1.54, 1.807) is 32.0 Å². The summed E-state index contributed by atoms with van der Waals surface area (Å²) in [7, 11) is 3.43. The van der Waals surface area contributed by atoms with Gasteiger partial charge in [-0.2, -0.15) is 10.1 Å². The topological polar surface area (TPSA) is 124 Å². The Morgan fingerprint density at radius 1 is 1.43 bits per heavy atom. The van der Waals surface area contributed by atoms with Gasteiger partial charge in [-0.3, -0.25) is 14.8 Å². The van der Waals surface area contributed by atoms with Gasteiger partial charge in [-0.05, 0) is 6.92 Å². The summed E-state index contributed by atoms with van der Waals surface area (Å²) in [6.45, 7) is 2.01. The van der Waals surface area contributed by atoms with Crippen molar-refractivity contribution in [3.05, 3.63) is 28.0 Å². The molecule has 2 N–H and O–H groups in total. The molecule has 2 aromatic heterocycles. The summed E-state index contributed by atoms with van der Waals surface area (Å²) in [4.78, 5) is 22.8. The van der Waals surface area contributed by atoms with Crippen LogP contribution in [-0.4, -0.2) is 43.2 Å². The van der Waals surface area contributed by atoms with Gasteiger partial charge in [-0.25, -0.2) is 9.97 Å². The molecule has 2 rings (SSSR count). The van der Waals surface area contributed by atoms with Crippen LogP contribution in [0.25, 0.3) is 0 Å². The van der Waals surface area contributed by atoms with Crippen molar-refractivity contribution in [1.29, 1.82) is 0 Å². The lowest BCUT2D eigenvalue weighted by Gasteiger charge is -2.08. The van der Waals surface area contributed by atoms with Crippen molar-refractivity contribution in [3.8, 4) is 0 Å². The smallest absolute Gasteiger partial charge is 0.332 e. The van der Waals surface area contributed by atoms with Crippen LogP contribution in [0, 0.1) is 17.0 Å². The van der Waals surface area contributed by atoms with Crippen LogP contribution < -0.4 is 10.6 Å². The zero-order valence-electron chi connectivity index (χ0n) is 12.0. The van der Waals surface area contributed by atoms with Crippen molar-refractivity contribution in [2.75, 3.05) is 24.2 Å². The van der Waals surface area contributed by atoms with E-state index in [9.17, 15) is 10.1 Å². The van der Waals surface area contributed by atoms with Crippen molar-refractivity contribution in [2.45, 2.75) is 13.3 Å². The molecule has 2 heterocycles. The van der Waals surface area contributed by atoms with Crippen LogP contribution in [-0.2, 0) is 13.5 Å². The van der Waals surface area contributed by atoms with Crippen molar-refractivity contribution < 1.29 is 4.92 Å². The standard InChI is InChI=1S/C11H16N8O2/c1-7-9(19(20)21)10(16-11(12-2)15-7)13-5-4-8-14-6-18(3)17-8/h6H,4-5H2,1-3H3,(H2,12,13,15,16). The van der Waals surface area contributed by atoms with Gasteiger partial charge in [0, 0.05) is 27.1 Å². The predicted octanol–water partition coefficient (Wildman–Crippen LogP) is 0.518. The van der Waals surface area contributed by atoms with Gasteiger partial charge in [0.15, 0.2) is 5.82 Å². The van der Waals surface area contributed by atoms with Crippen molar-refractivity contribution in [1.82, 2.24) is 24.7 Å². The average Bonchev–Trinajstić information content (AvgIpc) is 2.83. The molecule has 0 unspecified atom stereocenters. The Kier molecular flexibility index (Phi) is 4.26. The summed E-state index contributed by atoms with van der Waals surface area (Å²) in [5.41, 5.74) is 0.181. The van der Waals surface area contributed by atoms with E-state index in [2.05, 4.69) is 30.7 Å². The SMILES string of the molecule is CNc1nc(C)c([N+](=O)[O-])c(NCCc2ncn(C)n2)n1. The minimum atomic E-state index is -0.490. The summed E-state index contributed by atoms with van der Waals surface area (Å²) in [5, 5.41) is 21.0. The molecule has 10 nitrogen and oxygen atoms in total. The largest absolute Gasteiger partial charge is 0.364 e. The van der Waals surface area contributed by atoms with Gasteiger partial charge in [0.2, 0.25) is 11.8 Å². The zero-order valence-corrected chi connectivity index (χ0v) is 12.0. The maximum absolute atomic E-state index is 11.1. The van der Waals surface area contributed by atoms with Crippen LogP contribution in [0.5, 0.6) is 0 Å². The Morgan fingerprint density at radius 2 is 2.19 bits per heavy atom. The molecule has 21 heavy (non-hydrogen) atoms. The molecule has 0 atom stereocenters. The maximum Gasteiger partial charge on any atom is 0.332 e. The van der Waals surface area contributed by atoms with Gasteiger partial charge >= 0.3 is 5.69 Å². The molecule has 2 aromatic rings. The normalized spacial score (nSPS) is 10.4. The molecule has 0 aliphatic heterocycles. The highest BCUT2D eigenvalue weighted by Crippen LogP contribution is 2.26. The number of hydrogen-bond donors (Lipinski definition) is 2. The van der Waals surface area contributed by atoms with E-state index in [4.69, 9.17) is 0 Å². The number of nitro groups is 1. The second-order valence-corrected chi connectivity index (χ2v) is 4.35. The molecule has 0 radical (unpaired) electrons. The second kappa shape index (κ2) is 6.11. The minimum absolute atomic E-state index is 0.122. The molecule has 0 spiro atoms. The highest BCUT2D eigenvalue weighted by molar-refractivity contribution is 5.60. The summed E-state index contributed by atoms with van der Waals surface area (Å²) in [5.74, 6) is 1.18. The summed E-state index contributed by atoms with van der Waals surface area (Å²) < 4.78 is 1.60. The number of nitrogens with one attached hydrogen (secondary N) is 2. The van der Waals surface area contributed by atoms with E-state index in [0.717, 1.165) is 0 Å². The highest BCUT2D eigenvalue weighted by Gasteiger charge is 2.21. The van der Waals surface area contributed by atoms with Gasteiger partial charge in [-0.15, -0.1) is 0 Å². The van der Waals surface area contributed by atoms with E-state index in [1.165, 1.54) is 0 Å². The number of nitrogens with zero attached hydrogens (tertiary/aromatic N) is 6. The van der Waals surface area contributed by atoms with Gasteiger partial charge in [0.05, 0.1) is 4.92 Å². The molecule has 0 bridgehead atoms. The lowest BCUT2D eigenvalue weighted by atomic mass is 10.3. The van der Waals surface area contributed by atoms with Crippen LogP contribution in [0.4, 0.5) is 17.5 Å². The van der Waals surface area contributed by atoms with Crippen molar-refractivity contribution >= 4 is 17.5 Å². The number of rotatable bonds is 6. The Hall–Kier alpha value is -2.78. The van der Waals surface area contributed by atoms with Crippen LogP contribution in [0.1, 0.15) is 11.5 Å². The monoisotopic (exact) mass is 292 g/mol. The Labute approximate surface area is 120 Å². The second-order valence-electron chi connectivity index (χ2n) is 4.35. The Bertz CT molecular complexity index is 654. The maximum atomic E-state index is 11.1. The first-order chi connectivity index (χ1) is 10.0. The number of aromatic nitrogens is 5. The Balaban J connectivity index is 2.14. The van der Waals surface area contributed by atoms with Crippen LogP contribution >= 0.6 is 0 Å². The highest BCUT2D eigenvalue weighted by atomic mass is 16.6. The number of aryl methyl sites for hydroxylation is 2. The molecule has 0 saturated carbocycles.